The van der Waals surface area contributed by atoms with Crippen molar-refractivity contribution < 1.29 is 4.79 Å². The number of carbonyl (C=O) groups is 1. The van der Waals surface area contributed by atoms with Gasteiger partial charge in [0.05, 0.1) is 5.75 Å². The Kier molecular flexibility index (Phi) is 6.50. The monoisotopic (exact) mass is 413 g/mol. The Morgan fingerprint density at radius 3 is 2.39 bits per heavy atom. The van der Waals surface area contributed by atoms with Crippen molar-refractivity contribution in [2.45, 2.75) is 19.4 Å². The van der Waals surface area contributed by atoms with Gasteiger partial charge in [0.25, 0.3) is 0 Å². The topological polar surface area (TPSA) is 26.8 Å². The third-order valence-electron chi connectivity index (χ3n) is 5.68. The number of benzene rings is 2. The van der Waals surface area contributed by atoms with Crippen LogP contribution in [0.3, 0.4) is 0 Å². The van der Waals surface area contributed by atoms with Gasteiger partial charge in [-0.15, -0.1) is 0 Å². The summed E-state index contributed by atoms with van der Waals surface area (Å²) in [4.78, 5) is 19.2. The van der Waals surface area contributed by atoms with Crippen LogP contribution in [0, 0.1) is 0 Å². The standard InChI is InChI=1S/C22H27N3OS2/c26-21(17-28-22(27)25-10-3-4-11-25)24-14-12-23(13-15-24)16-19-8-5-7-18-6-1-2-9-20(18)19/h1-2,5-9H,3-4,10-17H2. The molecule has 2 aliphatic rings. The number of likely N-dealkylation sites (tertiary alicyclic amines) is 1. The van der Waals surface area contributed by atoms with Crippen molar-refractivity contribution in [3.05, 3.63) is 48.0 Å². The molecule has 0 radical (unpaired) electrons. The van der Waals surface area contributed by atoms with Crippen LogP contribution in [0.1, 0.15) is 18.4 Å². The fourth-order valence-corrected chi connectivity index (χ4v) is 5.19. The molecule has 0 spiro atoms. The second kappa shape index (κ2) is 9.25. The molecule has 0 saturated carbocycles. The lowest BCUT2D eigenvalue weighted by Crippen LogP contribution is -2.49. The van der Waals surface area contributed by atoms with Crippen LogP contribution in [0.5, 0.6) is 0 Å². The van der Waals surface area contributed by atoms with Gasteiger partial charge in [-0.25, -0.2) is 0 Å². The maximum atomic E-state index is 12.6. The molecule has 2 aliphatic heterocycles. The largest absolute Gasteiger partial charge is 0.358 e. The van der Waals surface area contributed by atoms with Crippen LogP contribution < -0.4 is 0 Å². The molecule has 0 N–H and O–H groups in total. The van der Waals surface area contributed by atoms with E-state index in [1.165, 1.54) is 40.9 Å². The number of carbonyl (C=O) groups excluding carboxylic acids is 1. The van der Waals surface area contributed by atoms with Gasteiger partial charge < -0.3 is 9.80 Å². The highest BCUT2D eigenvalue weighted by molar-refractivity contribution is 8.23. The molecule has 4 nitrogen and oxygen atoms in total. The molecule has 2 aromatic carbocycles. The van der Waals surface area contributed by atoms with Crippen LogP contribution in [-0.2, 0) is 11.3 Å². The Morgan fingerprint density at radius 1 is 0.893 bits per heavy atom. The summed E-state index contributed by atoms with van der Waals surface area (Å²) in [5.41, 5.74) is 1.37. The molecule has 2 saturated heterocycles. The summed E-state index contributed by atoms with van der Waals surface area (Å²) in [5, 5.41) is 2.62. The molecule has 0 bridgehead atoms. The van der Waals surface area contributed by atoms with E-state index in [1.54, 1.807) is 0 Å². The van der Waals surface area contributed by atoms with Crippen LogP contribution in [0.2, 0.25) is 0 Å². The first-order valence-corrected chi connectivity index (χ1v) is 11.5. The summed E-state index contributed by atoms with van der Waals surface area (Å²) >= 11 is 7.01. The molecule has 6 heteroatoms. The number of fused-ring (bicyclic) bond motifs is 1. The smallest absolute Gasteiger partial charge is 0.233 e. The summed E-state index contributed by atoms with van der Waals surface area (Å²) in [6.07, 6.45) is 2.43. The number of amides is 1. The fourth-order valence-electron chi connectivity index (χ4n) is 4.03. The zero-order valence-corrected chi connectivity index (χ0v) is 17.8. The Bertz CT molecular complexity index is 837. The minimum absolute atomic E-state index is 0.219. The Hall–Kier alpha value is -1.63. The number of thiocarbonyl (C=S) groups is 1. The average Bonchev–Trinajstić information content (AvgIpc) is 3.28. The van der Waals surface area contributed by atoms with E-state index in [2.05, 4.69) is 52.3 Å². The van der Waals surface area contributed by atoms with Gasteiger partial charge in [-0.1, -0.05) is 66.4 Å². The Labute approximate surface area is 176 Å². The van der Waals surface area contributed by atoms with Crippen LogP contribution in [-0.4, -0.2) is 69.9 Å². The van der Waals surface area contributed by atoms with E-state index < -0.39 is 0 Å². The minimum atomic E-state index is 0.219. The van der Waals surface area contributed by atoms with Gasteiger partial charge in [-0.2, -0.15) is 0 Å². The maximum Gasteiger partial charge on any atom is 0.233 e. The lowest BCUT2D eigenvalue weighted by Gasteiger charge is -2.35. The number of piperazine rings is 1. The SMILES string of the molecule is O=C(CSC(=S)N1CCCC1)N1CCN(Cc2cccc3ccccc23)CC1. The summed E-state index contributed by atoms with van der Waals surface area (Å²) in [5.74, 6) is 0.690. The first-order chi connectivity index (χ1) is 13.7. The predicted molar refractivity (Wildman–Crippen MR) is 122 cm³/mol. The van der Waals surface area contributed by atoms with Crippen molar-refractivity contribution in [3.63, 3.8) is 0 Å². The quantitative estimate of drug-likeness (QED) is 0.714. The molecule has 4 rings (SSSR count). The second-order valence-corrected chi connectivity index (χ2v) is 9.15. The number of thioether (sulfide) groups is 1. The minimum Gasteiger partial charge on any atom is -0.358 e. The zero-order valence-electron chi connectivity index (χ0n) is 16.2. The number of hydrogen-bond acceptors (Lipinski definition) is 4. The van der Waals surface area contributed by atoms with Gasteiger partial charge in [-0.05, 0) is 29.2 Å². The highest BCUT2D eigenvalue weighted by Gasteiger charge is 2.23. The van der Waals surface area contributed by atoms with Gasteiger partial charge in [0.1, 0.15) is 4.32 Å². The van der Waals surface area contributed by atoms with Crippen LogP contribution >= 0.6 is 24.0 Å². The molecule has 148 valence electrons. The summed E-state index contributed by atoms with van der Waals surface area (Å²) in [7, 11) is 0. The Balaban J connectivity index is 1.26. The number of rotatable bonds is 4. The van der Waals surface area contributed by atoms with Gasteiger partial charge in [0.2, 0.25) is 5.91 Å². The van der Waals surface area contributed by atoms with E-state index in [0.29, 0.717) is 5.75 Å². The van der Waals surface area contributed by atoms with Crippen molar-refractivity contribution in [2.24, 2.45) is 0 Å². The molecule has 1 amide bonds. The molecule has 2 heterocycles. The van der Waals surface area contributed by atoms with Crippen molar-refractivity contribution in [1.82, 2.24) is 14.7 Å². The normalized spacial score (nSPS) is 18.0. The van der Waals surface area contributed by atoms with Crippen molar-refractivity contribution >= 4 is 45.0 Å². The van der Waals surface area contributed by atoms with E-state index in [9.17, 15) is 4.79 Å². The highest BCUT2D eigenvalue weighted by atomic mass is 32.2. The van der Waals surface area contributed by atoms with Crippen molar-refractivity contribution in [2.75, 3.05) is 45.0 Å². The number of nitrogens with zero attached hydrogens (tertiary/aromatic N) is 3. The molecular weight excluding hydrogens is 386 g/mol. The molecule has 0 atom stereocenters. The number of hydrogen-bond donors (Lipinski definition) is 0. The third-order valence-corrected chi connectivity index (χ3v) is 7.19. The highest BCUT2D eigenvalue weighted by Crippen LogP contribution is 2.21. The van der Waals surface area contributed by atoms with Crippen molar-refractivity contribution in [1.29, 1.82) is 0 Å². The second-order valence-electron chi connectivity index (χ2n) is 7.54. The third kappa shape index (κ3) is 4.67. The molecule has 0 aliphatic carbocycles. The van der Waals surface area contributed by atoms with E-state index in [1.807, 2.05) is 4.90 Å². The molecule has 2 fully saturated rings. The van der Waals surface area contributed by atoms with Crippen LogP contribution in [0.15, 0.2) is 42.5 Å². The molecule has 28 heavy (non-hydrogen) atoms. The van der Waals surface area contributed by atoms with E-state index in [0.717, 1.165) is 50.1 Å². The Morgan fingerprint density at radius 2 is 1.61 bits per heavy atom. The average molecular weight is 414 g/mol. The lowest BCUT2D eigenvalue weighted by molar-refractivity contribution is -0.130. The zero-order chi connectivity index (χ0) is 19.3. The lowest BCUT2D eigenvalue weighted by atomic mass is 10.0. The maximum absolute atomic E-state index is 12.6. The molecule has 0 unspecified atom stereocenters. The summed E-state index contributed by atoms with van der Waals surface area (Å²) < 4.78 is 0.889. The van der Waals surface area contributed by atoms with Crippen LogP contribution in [0.25, 0.3) is 10.8 Å². The fraction of sp³-hybridized carbons (Fsp3) is 0.455. The predicted octanol–water partition coefficient (Wildman–Crippen LogP) is 3.60. The van der Waals surface area contributed by atoms with E-state index >= 15 is 0 Å². The van der Waals surface area contributed by atoms with Crippen LogP contribution in [0.4, 0.5) is 0 Å². The van der Waals surface area contributed by atoms with Gasteiger partial charge in [-0.3, -0.25) is 9.69 Å². The van der Waals surface area contributed by atoms with Gasteiger partial charge in [0.15, 0.2) is 0 Å². The summed E-state index contributed by atoms with van der Waals surface area (Å²) in [6, 6.07) is 15.1. The molecule has 0 aromatic heterocycles. The molecular formula is C22H27N3OS2. The van der Waals surface area contributed by atoms with E-state index in [4.69, 9.17) is 12.2 Å². The summed E-state index contributed by atoms with van der Waals surface area (Å²) in [6.45, 7) is 6.50. The molecule has 2 aromatic rings. The first-order valence-electron chi connectivity index (χ1n) is 10.1. The van der Waals surface area contributed by atoms with Gasteiger partial charge >= 0.3 is 0 Å². The van der Waals surface area contributed by atoms with Gasteiger partial charge in [0, 0.05) is 45.8 Å². The van der Waals surface area contributed by atoms with E-state index in [-0.39, 0.29) is 5.91 Å². The van der Waals surface area contributed by atoms with Crippen molar-refractivity contribution in [3.8, 4) is 0 Å². The first kappa shape index (κ1) is 19.7.